The third-order valence-electron chi connectivity index (χ3n) is 2.00. The van der Waals surface area contributed by atoms with E-state index in [1.807, 2.05) is 26.0 Å². The summed E-state index contributed by atoms with van der Waals surface area (Å²) in [5.74, 6) is 0.637. The number of carbonyl (C=O) groups excluding carboxylic acids is 1. The average molecular weight is 221 g/mol. The largest absolute Gasteiger partial charge is 0.304 e. The summed E-state index contributed by atoms with van der Waals surface area (Å²) in [6, 6.07) is 3.79. The maximum Gasteiger partial charge on any atom is 0.239 e. The van der Waals surface area contributed by atoms with Crippen LogP contribution in [0.2, 0.25) is 0 Å². The number of aliphatic imine (C=N–C) groups is 1. The highest BCUT2D eigenvalue weighted by Gasteiger charge is 2.25. The molecular weight excluding hydrogens is 210 g/mol. The zero-order valence-electron chi connectivity index (χ0n) is 8.52. The van der Waals surface area contributed by atoms with Gasteiger partial charge in [-0.25, -0.2) is 9.98 Å². The first kappa shape index (κ1) is 10.2. The van der Waals surface area contributed by atoms with Crippen molar-refractivity contribution in [2.75, 3.05) is 0 Å². The molecular formula is C10H11N3OS. The van der Waals surface area contributed by atoms with E-state index in [4.69, 9.17) is 0 Å². The zero-order chi connectivity index (χ0) is 10.8. The fourth-order valence-corrected chi connectivity index (χ4v) is 2.00. The van der Waals surface area contributed by atoms with E-state index in [-0.39, 0.29) is 11.2 Å². The summed E-state index contributed by atoms with van der Waals surface area (Å²) in [6.45, 7) is 3.83. The van der Waals surface area contributed by atoms with Gasteiger partial charge in [-0.05, 0) is 31.5 Å². The molecule has 1 N–H and O–H groups in total. The predicted molar refractivity (Wildman–Crippen MR) is 61.3 cm³/mol. The summed E-state index contributed by atoms with van der Waals surface area (Å²) in [5.41, 5.74) is 1.10. The third kappa shape index (κ3) is 2.36. The quantitative estimate of drug-likeness (QED) is 0.784. The molecule has 1 amide bonds. The van der Waals surface area contributed by atoms with Crippen LogP contribution in [-0.4, -0.2) is 21.3 Å². The summed E-state index contributed by atoms with van der Waals surface area (Å²) in [7, 11) is 0. The SMILES string of the molecule is Cc1ccnc(N=C2NC(=O)C(C)S2)c1. The summed E-state index contributed by atoms with van der Waals surface area (Å²) in [4.78, 5) is 19.6. The lowest BCUT2D eigenvalue weighted by Crippen LogP contribution is -2.23. The van der Waals surface area contributed by atoms with Crippen LogP contribution in [0.4, 0.5) is 5.82 Å². The molecule has 0 bridgehead atoms. The van der Waals surface area contributed by atoms with Crippen molar-refractivity contribution in [1.29, 1.82) is 0 Å². The van der Waals surface area contributed by atoms with Crippen LogP contribution in [0.25, 0.3) is 0 Å². The number of nitrogens with zero attached hydrogens (tertiary/aromatic N) is 2. The first-order valence-electron chi connectivity index (χ1n) is 4.64. The second-order valence-corrected chi connectivity index (χ2v) is 4.69. The van der Waals surface area contributed by atoms with E-state index in [9.17, 15) is 4.79 Å². The van der Waals surface area contributed by atoms with E-state index < -0.39 is 0 Å². The van der Waals surface area contributed by atoms with Gasteiger partial charge in [0, 0.05) is 6.20 Å². The molecule has 1 aliphatic rings. The van der Waals surface area contributed by atoms with Gasteiger partial charge in [-0.1, -0.05) is 11.8 Å². The van der Waals surface area contributed by atoms with Crippen LogP contribution in [0.3, 0.4) is 0 Å². The van der Waals surface area contributed by atoms with Crippen molar-refractivity contribution < 1.29 is 4.79 Å². The first-order chi connectivity index (χ1) is 7.15. The third-order valence-corrected chi connectivity index (χ3v) is 2.99. The number of amidine groups is 1. The normalized spacial score (nSPS) is 23.2. The van der Waals surface area contributed by atoms with Gasteiger partial charge in [-0.3, -0.25) is 4.79 Å². The smallest absolute Gasteiger partial charge is 0.239 e. The van der Waals surface area contributed by atoms with E-state index in [2.05, 4.69) is 15.3 Å². The van der Waals surface area contributed by atoms with Crippen molar-refractivity contribution in [2.45, 2.75) is 19.1 Å². The molecule has 0 aromatic carbocycles. The van der Waals surface area contributed by atoms with Gasteiger partial charge in [0.25, 0.3) is 0 Å². The van der Waals surface area contributed by atoms with E-state index >= 15 is 0 Å². The number of nitrogens with one attached hydrogen (secondary N) is 1. The van der Waals surface area contributed by atoms with Crippen LogP contribution >= 0.6 is 11.8 Å². The number of aryl methyl sites for hydroxylation is 1. The number of carbonyl (C=O) groups is 1. The molecule has 0 aliphatic carbocycles. The van der Waals surface area contributed by atoms with Crippen LogP contribution in [0.15, 0.2) is 23.3 Å². The summed E-state index contributed by atoms with van der Waals surface area (Å²) >= 11 is 1.42. The Labute approximate surface area is 92.2 Å². The van der Waals surface area contributed by atoms with Crippen molar-refractivity contribution in [1.82, 2.24) is 10.3 Å². The Kier molecular flexibility index (Phi) is 2.73. The molecule has 15 heavy (non-hydrogen) atoms. The van der Waals surface area contributed by atoms with Gasteiger partial charge in [-0.15, -0.1) is 0 Å². The molecule has 1 saturated heterocycles. The molecule has 2 rings (SSSR count). The monoisotopic (exact) mass is 221 g/mol. The molecule has 5 heteroatoms. The fraction of sp³-hybridized carbons (Fsp3) is 0.300. The summed E-state index contributed by atoms with van der Waals surface area (Å²) in [6.07, 6.45) is 1.71. The van der Waals surface area contributed by atoms with E-state index in [1.54, 1.807) is 6.20 Å². The number of pyridine rings is 1. The topological polar surface area (TPSA) is 54.4 Å². The van der Waals surface area contributed by atoms with E-state index in [0.717, 1.165) is 5.56 Å². The Morgan fingerprint density at radius 2 is 2.40 bits per heavy atom. The molecule has 0 radical (unpaired) electrons. The van der Waals surface area contributed by atoms with Gasteiger partial charge in [0.2, 0.25) is 5.91 Å². The molecule has 1 aliphatic heterocycles. The standard InChI is InChI=1S/C10H11N3OS/c1-6-3-4-11-8(5-6)12-10-13-9(14)7(2)15-10/h3-5,7H,1-2H3,(H,11,12,13,14). The molecule has 1 aromatic heterocycles. The van der Waals surface area contributed by atoms with Gasteiger partial charge in [0.1, 0.15) is 0 Å². The molecule has 0 spiro atoms. The molecule has 0 saturated carbocycles. The molecule has 1 unspecified atom stereocenters. The van der Waals surface area contributed by atoms with Crippen molar-refractivity contribution in [2.24, 2.45) is 4.99 Å². The molecule has 1 fully saturated rings. The summed E-state index contributed by atoms with van der Waals surface area (Å²) in [5, 5.41) is 3.27. The Hall–Kier alpha value is -1.36. The van der Waals surface area contributed by atoms with Gasteiger partial charge in [0.15, 0.2) is 11.0 Å². The molecule has 1 aromatic rings. The van der Waals surface area contributed by atoms with Crippen LogP contribution in [0, 0.1) is 6.92 Å². The van der Waals surface area contributed by atoms with Gasteiger partial charge >= 0.3 is 0 Å². The lowest BCUT2D eigenvalue weighted by molar-refractivity contribution is -0.118. The maximum atomic E-state index is 11.2. The van der Waals surface area contributed by atoms with Crippen molar-refractivity contribution in [3.8, 4) is 0 Å². The molecule has 4 nitrogen and oxygen atoms in total. The summed E-state index contributed by atoms with van der Waals surface area (Å²) < 4.78 is 0. The highest BCUT2D eigenvalue weighted by molar-refractivity contribution is 8.15. The minimum absolute atomic E-state index is 0.00593. The Balaban J connectivity index is 2.21. The van der Waals surface area contributed by atoms with Crippen molar-refractivity contribution in [3.63, 3.8) is 0 Å². The number of thioether (sulfide) groups is 1. The van der Waals surface area contributed by atoms with Gasteiger partial charge < -0.3 is 5.32 Å². The van der Waals surface area contributed by atoms with Gasteiger partial charge in [-0.2, -0.15) is 0 Å². The van der Waals surface area contributed by atoms with Gasteiger partial charge in [0.05, 0.1) is 5.25 Å². The highest BCUT2D eigenvalue weighted by atomic mass is 32.2. The Morgan fingerprint density at radius 3 is 3.00 bits per heavy atom. The average Bonchev–Trinajstić information content (AvgIpc) is 2.45. The number of aromatic nitrogens is 1. The van der Waals surface area contributed by atoms with Crippen molar-refractivity contribution >= 4 is 28.7 Å². The molecule has 78 valence electrons. The lowest BCUT2D eigenvalue weighted by atomic mass is 10.3. The highest BCUT2D eigenvalue weighted by Crippen LogP contribution is 2.21. The number of hydrogen-bond acceptors (Lipinski definition) is 4. The van der Waals surface area contributed by atoms with Crippen LogP contribution in [0.1, 0.15) is 12.5 Å². The number of hydrogen-bond donors (Lipinski definition) is 1. The molecule has 1 atom stereocenters. The lowest BCUT2D eigenvalue weighted by Gasteiger charge is -1.96. The second kappa shape index (κ2) is 4.02. The van der Waals surface area contributed by atoms with E-state index in [0.29, 0.717) is 11.0 Å². The molecule has 2 heterocycles. The van der Waals surface area contributed by atoms with Crippen LogP contribution < -0.4 is 5.32 Å². The fourth-order valence-electron chi connectivity index (χ4n) is 1.20. The predicted octanol–water partition coefficient (Wildman–Crippen LogP) is 1.63. The minimum atomic E-state index is -0.0615. The van der Waals surface area contributed by atoms with Crippen LogP contribution in [-0.2, 0) is 4.79 Å². The van der Waals surface area contributed by atoms with Crippen LogP contribution in [0.5, 0.6) is 0 Å². The second-order valence-electron chi connectivity index (χ2n) is 3.36. The Bertz CT molecular complexity index is 430. The number of rotatable bonds is 1. The maximum absolute atomic E-state index is 11.2. The number of amides is 1. The minimum Gasteiger partial charge on any atom is -0.304 e. The Morgan fingerprint density at radius 1 is 1.60 bits per heavy atom. The first-order valence-corrected chi connectivity index (χ1v) is 5.52. The van der Waals surface area contributed by atoms with Crippen molar-refractivity contribution in [3.05, 3.63) is 23.9 Å². The van der Waals surface area contributed by atoms with E-state index in [1.165, 1.54) is 11.8 Å². The zero-order valence-corrected chi connectivity index (χ0v) is 9.34.